The lowest BCUT2D eigenvalue weighted by molar-refractivity contribution is 0.496. The standard InChI is InChI=1S/C10H13F2N/c1-6(2)7-3-8(5-13)10(12)9(11)4-7/h3-4,6H,5,13H2,1-2H3. The zero-order chi connectivity index (χ0) is 10.0. The summed E-state index contributed by atoms with van der Waals surface area (Å²) < 4.78 is 25.9. The Morgan fingerprint density at radius 3 is 2.38 bits per heavy atom. The number of hydrogen-bond donors (Lipinski definition) is 1. The molecule has 1 rings (SSSR count). The maximum atomic E-state index is 13.0. The number of benzene rings is 1. The highest BCUT2D eigenvalue weighted by Crippen LogP contribution is 2.20. The largest absolute Gasteiger partial charge is 0.326 e. The molecule has 0 amide bonds. The van der Waals surface area contributed by atoms with Gasteiger partial charge in [0.05, 0.1) is 0 Å². The first-order chi connectivity index (χ1) is 6.06. The van der Waals surface area contributed by atoms with Gasteiger partial charge in [0.15, 0.2) is 11.6 Å². The van der Waals surface area contributed by atoms with Crippen molar-refractivity contribution in [2.75, 3.05) is 0 Å². The van der Waals surface area contributed by atoms with Gasteiger partial charge in [0, 0.05) is 12.1 Å². The van der Waals surface area contributed by atoms with Crippen LogP contribution in [0.25, 0.3) is 0 Å². The summed E-state index contributed by atoms with van der Waals surface area (Å²) in [6.07, 6.45) is 0. The summed E-state index contributed by atoms with van der Waals surface area (Å²) >= 11 is 0. The van der Waals surface area contributed by atoms with Crippen molar-refractivity contribution in [3.63, 3.8) is 0 Å². The van der Waals surface area contributed by atoms with E-state index in [4.69, 9.17) is 5.73 Å². The fourth-order valence-electron chi connectivity index (χ4n) is 1.15. The minimum atomic E-state index is -0.827. The lowest BCUT2D eigenvalue weighted by Crippen LogP contribution is -2.04. The van der Waals surface area contributed by atoms with Gasteiger partial charge in [0.1, 0.15) is 0 Å². The molecule has 0 aliphatic heterocycles. The third-order valence-corrected chi connectivity index (χ3v) is 2.01. The molecule has 3 heteroatoms. The van der Waals surface area contributed by atoms with Crippen LogP contribution in [0.3, 0.4) is 0 Å². The van der Waals surface area contributed by atoms with Crippen LogP contribution in [0.4, 0.5) is 8.78 Å². The molecule has 13 heavy (non-hydrogen) atoms. The molecule has 72 valence electrons. The average molecular weight is 185 g/mol. The van der Waals surface area contributed by atoms with E-state index in [9.17, 15) is 8.78 Å². The Kier molecular flexibility index (Phi) is 2.98. The van der Waals surface area contributed by atoms with Crippen LogP contribution >= 0.6 is 0 Å². The van der Waals surface area contributed by atoms with Crippen LogP contribution in [-0.2, 0) is 6.54 Å². The van der Waals surface area contributed by atoms with Crippen LogP contribution in [0.1, 0.15) is 30.9 Å². The van der Waals surface area contributed by atoms with E-state index in [1.807, 2.05) is 13.8 Å². The van der Waals surface area contributed by atoms with E-state index >= 15 is 0 Å². The predicted octanol–water partition coefficient (Wildman–Crippen LogP) is 2.55. The van der Waals surface area contributed by atoms with Crippen LogP contribution < -0.4 is 5.73 Å². The average Bonchev–Trinajstić information content (AvgIpc) is 2.09. The summed E-state index contributed by atoms with van der Waals surface area (Å²) in [7, 11) is 0. The second kappa shape index (κ2) is 3.83. The first kappa shape index (κ1) is 10.1. The van der Waals surface area contributed by atoms with E-state index in [1.54, 1.807) is 6.07 Å². The SMILES string of the molecule is CC(C)c1cc(F)c(F)c(CN)c1. The Labute approximate surface area is 76.6 Å². The lowest BCUT2D eigenvalue weighted by Gasteiger charge is -2.08. The van der Waals surface area contributed by atoms with Crippen LogP contribution in [0.15, 0.2) is 12.1 Å². The molecule has 0 spiro atoms. The number of nitrogens with two attached hydrogens (primary N) is 1. The topological polar surface area (TPSA) is 26.0 Å². The molecule has 0 aliphatic carbocycles. The summed E-state index contributed by atoms with van der Waals surface area (Å²) in [5, 5.41) is 0. The van der Waals surface area contributed by atoms with Gasteiger partial charge in [-0.15, -0.1) is 0 Å². The highest BCUT2D eigenvalue weighted by molar-refractivity contribution is 5.28. The van der Waals surface area contributed by atoms with Crippen LogP contribution in [-0.4, -0.2) is 0 Å². The fourth-order valence-corrected chi connectivity index (χ4v) is 1.15. The Bertz CT molecular complexity index is 308. The summed E-state index contributed by atoms with van der Waals surface area (Å²) in [6.45, 7) is 3.88. The predicted molar refractivity (Wildman–Crippen MR) is 48.3 cm³/mol. The number of rotatable bonds is 2. The Balaban J connectivity index is 3.22. The quantitative estimate of drug-likeness (QED) is 0.752. The zero-order valence-electron chi connectivity index (χ0n) is 7.77. The molecule has 0 aliphatic rings. The molecular weight excluding hydrogens is 172 g/mol. The molecule has 0 atom stereocenters. The van der Waals surface area contributed by atoms with Gasteiger partial charge in [-0.25, -0.2) is 8.78 Å². The van der Waals surface area contributed by atoms with Gasteiger partial charge in [-0.3, -0.25) is 0 Å². The van der Waals surface area contributed by atoms with E-state index in [0.717, 1.165) is 5.56 Å². The molecule has 0 bridgehead atoms. The van der Waals surface area contributed by atoms with E-state index in [1.165, 1.54) is 6.07 Å². The van der Waals surface area contributed by atoms with E-state index in [2.05, 4.69) is 0 Å². The van der Waals surface area contributed by atoms with Crippen LogP contribution in [0.2, 0.25) is 0 Å². The van der Waals surface area contributed by atoms with Crippen molar-refractivity contribution in [2.24, 2.45) is 5.73 Å². The molecule has 0 unspecified atom stereocenters. The Morgan fingerprint density at radius 1 is 1.31 bits per heavy atom. The van der Waals surface area contributed by atoms with Gasteiger partial charge in [0.25, 0.3) is 0 Å². The maximum Gasteiger partial charge on any atom is 0.163 e. The number of hydrogen-bond acceptors (Lipinski definition) is 1. The van der Waals surface area contributed by atoms with Gasteiger partial charge in [-0.2, -0.15) is 0 Å². The zero-order valence-corrected chi connectivity index (χ0v) is 7.77. The lowest BCUT2D eigenvalue weighted by atomic mass is 10.0. The van der Waals surface area contributed by atoms with E-state index in [0.29, 0.717) is 0 Å². The Hall–Kier alpha value is -0.960. The molecule has 1 aromatic carbocycles. The van der Waals surface area contributed by atoms with Gasteiger partial charge in [-0.1, -0.05) is 19.9 Å². The van der Waals surface area contributed by atoms with Gasteiger partial charge in [0.2, 0.25) is 0 Å². The third kappa shape index (κ3) is 2.04. The highest BCUT2D eigenvalue weighted by Gasteiger charge is 2.10. The van der Waals surface area contributed by atoms with E-state index < -0.39 is 11.6 Å². The molecule has 1 aromatic rings. The molecule has 0 saturated heterocycles. The smallest absolute Gasteiger partial charge is 0.163 e. The van der Waals surface area contributed by atoms with E-state index in [-0.39, 0.29) is 18.0 Å². The molecule has 0 heterocycles. The third-order valence-electron chi connectivity index (χ3n) is 2.01. The molecule has 0 saturated carbocycles. The first-order valence-corrected chi connectivity index (χ1v) is 4.24. The monoisotopic (exact) mass is 185 g/mol. The summed E-state index contributed by atoms with van der Waals surface area (Å²) in [5.41, 5.74) is 6.30. The summed E-state index contributed by atoms with van der Waals surface area (Å²) in [4.78, 5) is 0. The second-order valence-corrected chi connectivity index (χ2v) is 3.33. The minimum absolute atomic E-state index is 0.0311. The second-order valence-electron chi connectivity index (χ2n) is 3.33. The molecule has 0 aromatic heterocycles. The van der Waals surface area contributed by atoms with Crippen molar-refractivity contribution in [1.29, 1.82) is 0 Å². The van der Waals surface area contributed by atoms with Crippen molar-refractivity contribution < 1.29 is 8.78 Å². The minimum Gasteiger partial charge on any atom is -0.326 e. The molecule has 1 nitrogen and oxygen atoms in total. The fraction of sp³-hybridized carbons (Fsp3) is 0.400. The Morgan fingerprint density at radius 2 is 1.92 bits per heavy atom. The summed E-state index contributed by atoms with van der Waals surface area (Å²) in [5.74, 6) is -1.46. The molecule has 2 N–H and O–H groups in total. The highest BCUT2D eigenvalue weighted by atomic mass is 19.2. The molecular formula is C10H13F2N. The van der Waals surface area contributed by atoms with Crippen molar-refractivity contribution in [2.45, 2.75) is 26.3 Å². The maximum absolute atomic E-state index is 13.0. The molecule has 0 fully saturated rings. The summed E-state index contributed by atoms with van der Waals surface area (Å²) in [6, 6.07) is 2.84. The van der Waals surface area contributed by atoms with Crippen molar-refractivity contribution in [3.8, 4) is 0 Å². The van der Waals surface area contributed by atoms with Crippen LogP contribution in [0, 0.1) is 11.6 Å². The van der Waals surface area contributed by atoms with Crippen LogP contribution in [0.5, 0.6) is 0 Å². The van der Waals surface area contributed by atoms with Crippen molar-refractivity contribution in [3.05, 3.63) is 34.9 Å². The van der Waals surface area contributed by atoms with Gasteiger partial charge >= 0.3 is 0 Å². The first-order valence-electron chi connectivity index (χ1n) is 4.24. The number of halogens is 2. The van der Waals surface area contributed by atoms with Gasteiger partial charge in [-0.05, 0) is 17.5 Å². The van der Waals surface area contributed by atoms with Gasteiger partial charge < -0.3 is 5.73 Å². The van der Waals surface area contributed by atoms with Crippen molar-refractivity contribution >= 4 is 0 Å². The molecule has 0 radical (unpaired) electrons. The normalized spacial score (nSPS) is 10.9. The van der Waals surface area contributed by atoms with Crippen molar-refractivity contribution in [1.82, 2.24) is 0 Å².